The maximum Gasteiger partial charge on any atom is 0.124 e. The molecule has 0 aliphatic rings. The molecule has 1 aromatic carbocycles. The van der Waals surface area contributed by atoms with Gasteiger partial charge >= 0.3 is 0 Å². The van der Waals surface area contributed by atoms with Gasteiger partial charge in [-0.25, -0.2) is 4.39 Å². The maximum atomic E-state index is 13.0. The summed E-state index contributed by atoms with van der Waals surface area (Å²) < 4.78 is 30.3. The van der Waals surface area contributed by atoms with Gasteiger partial charge in [0, 0.05) is 12.3 Å². The molecule has 1 unspecified atom stereocenters. The Morgan fingerprint density at radius 2 is 2.11 bits per heavy atom. The minimum atomic E-state index is -1.31. The van der Waals surface area contributed by atoms with Crippen LogP contribution < -0.4 is 5.73 Å². The van der Waals surface area contributed by atoms with Crippen LogP contribution in [0.4, 0.5) is 10.1 Å². The molecule has 0 aliphatic heterocycles. The monoisotopic (exact) mass is 273 g/mol. The van der Waals surface area contributed by atoms with Gasteiger partial charge in [-0.15, -0.1) is 0 Å². The van der Waals surface area contributed by atoms with E-state index in [4.69, 9.17) is 10.5 Å². The molecular weight excluding hydrogens is 253 g/mol. The van der Waals surface area contributed by atoms with Crippen LogP contribution in [0.15, 0.2) is 23.1 Å². The number of nitrogens with two attached hydrogens (primary N) is 1. The first-order valence-electron chi connectivity index (χ1n) is 6.02. The number of ether oxygens (including phenoxy) is 1. The lowest BCUT2D eigenvalue weighted by molar-refractivity contribution is 0.138. The first-order chi connectivity index (χ1) is 8.50. The molecule has 1 rings (SSSR count). The zero-order chi connectivity index (χ0) is 13.5. The molecule has 0 saturated heterocycles. The molecule has 0 heterocycles. The van der Waals surface area contributed by atoms with Crippen molar-refractivity contribution >= 4 is 16.5 Å². The summed E-state index contributed by atoms with van der Waals surface area (Å²) in [6.45, 7) is 5.30. The highest BCUT2D eigenvalue weighted by Gasteiger charge is 2.09. The molecule has 0 saturated carbocycles. The normalized spacial score (nSPS) is 12.9. The van der Waals surface area contributed by atoms with E-state index in [1.54, 1.807) is 0 Å². The summed E-state index contributed by atoms with van der Waals surface area (Å²) in [5, 5.41) is 0. The molecule has 1 atom stereocenters. The fraction of sp³-hybridized carbons (Fsp3) is 0.538. The van der Waals surface area contributed by atoms with E-state index in [-0.39, 0.29) is 0 Å². The van der Waals surface area contributed by atoms with E-state index in [2.05, 4.69) is 13.8 Å². The van der Waals surface area contributed by atoms with Crippen LogP contribution in [-0.2, 0) is 15.5 Å². The van der Waals surface area contributed by atoms with Gasteiger partial charge in [0.15, 0.2) is 0 Å². The third kappa shape index (κ3) is 5.14. The summed E-state index contributed by atoms with van der Waals surface area (Å²) in [4.78, 5) is 0.349. The Morgan fingerprint density at radius 3 is 2.78 bits per heavy atom. The third-order valence-electron chi connectivity index (χ3n) is 2.47. The fourth-order valence-electron chi connectivity index (χ4n) is 1.37. The van der Waals surface area contributed by atoms with Gasteiger partial charge in [-0.1, -0.05) is 13.8 Å². The summed E-state index contributed by atoms with van der Waals surface area (Å²) in [5.74, 6) is 0.508. The smallest absolute Gasteiger partial charge is 0.124 e. The van der Waals surface area contributed by atoms with E-state index in [0.717, 1.165) is 6.42 Å². The second kappa shape index (κ2) is 7.48. The molecule has 0 aliphatic carbocycles. The molecule has 18 heavy (non-hydrogen) atoms. The van der Waals surface area contributed by atoms with Crippen LogP contribution in [0.1, 0.15) is 20.3 Å². The third-order valence-corrected chi connectivity index (χ3v) is 3.86. The van der Waals surface area contributed by atoms with Gasteiger partial charge in [-0.2, -0.15) is 0 Å². The van der Waals surface area contributed by atoms with Crippen LogP contribution in [0.3, 0.4) is 0 Å². The quantitative estimate of drug-likeness (QED) is 0.613. The largest absolute Gasteiger partial charge is 0.398 e. The molecule has 0 amide bonds. The van der Waals surface area contributed by atoms with Crippen LogP contribution in [0, 0.1) is 11.7 Å². The molecule has 5 heteroatoms. The lowest BCUT2D eigenvalue weighted by Gasteiger charge is -2.08. The molecule has 0 fully saturated rings. The van der Waals surface area contributed by atoms with Gasteiger partial charge in [0.05, 0.1) is 28.1 Å². The second-order valence-corrected chi connectivity index (χ2v) is 6.07. The molecule has 0 radical (unpaired) electrons. The lowest BCUT2D eigenvalue weighted by Crippen LogP contribution is -2.10. The van der Waals surface area contributed by atoms with Gasteiger partial charge in [0.1, 0.15) is 5.82 Å². The molecule has 102 valence electrons. The van der Waals surface area contributed by atoms with E-state index in [1.165, 1.54) is 18.2 Å². The molecular formula is C13H20FNO2S. The first kappa shape index (κ1) is 15.1. The summed E-state index contributed by atoms with van der Waals surface area (Å²) in [6.07, 6.45) is 0.981. The predicted octanol–water partition coefficient (Wildman–Crippen LogP) is 2.58. The highest BCUT2D eigenvalue weighted by atomic mass is 32.2. The van der Waals surface area contributed by atoms with Gasteiger partial charge in [-0.05, 0) is 30.5 Å². The average molecular weight is 273 g/mol. The summed E-state index contributed by atoms with van der Waals surface area (Å²) >= 11 is 0. The summed E-state index contributed by atoms with van der Waals surface area (Å²) in [5.41, 5.74) is 6.02. The fourth-order valence-corrected chi connectivity index (χ4v) is 2.44. The number of rotatable bonds is 7. The van der Waals surface area contributed by atoms with E-state index in [1.807, 2.05) is 0 Å². The first-order valence-corrected chi connectivity index (χ1v) is 7.33. The number of hydrogen-bond acceptors (Lipinski definition) is 3. The average Bonchev–Trinajstić information content (AvgIpc) is 2.31. The van der Waals surface area contributed by atoms with Gasteiger partial charge in [-0.3, -0.25) is 4.21 Å². The van der Waals surface area contributed by atoms with Gasteiger partial charge < -0.3 is 10.5 Å². The van der Waals surface area contributed by atoms with Crippen LogP contribution >= 0.6 is 0 Å². The summed E-state index contributed by atoms with van der Waals surface area (Å²) in [7, 11) is -1.31. The Bertz CT molecular complexity index is 410. The highest BCUT2D eigenvalue weighted by Crippen LogP contribution is 2.17. The number of anilines is 1. The van der Waals surface area contributed by atoms with Crippen LogP contribution in [-0.4, -0.2) is 23.2 Å². The lowest BCUT2D eigenvalue weighted by atomic mass is 10.1. The Balaban J connectivity index is 2.39. The number of benzene rings is 1. The Labute approximate surface area is 110 Å². The maximum absolute atomic E-state index is 13.0. The Morgan fingerprint density at radius 1 is 1.39 bits per heavy atom. The summed E-state index contributed by atoms with van der Waals surface area (Å²) in [6, 6.07) is 3.91. The van der Waals surface area contributed by atoms with E-state index < -0.39 is 16.6 Å². The number of nitrogen functional groups attached to an aromatic ring is 1. The van der Waals surface area contributed by atoms with Gasteiger partial charge in [0.2, 0.25) is 0 Å². The van der Waals surface area contributed by atoms with Crippen LogP contribution in [0.2, 0.25) is 0 Å². The molecule has 2 N–H and O–H groups in total. The minimum absolute atomic E-state index is 0.339. The second-order valence-electron chi connectivity index (χ2n) is 4.53. The zero-order valence-electron chi connectivity index (χ0n) is 10.8. The van der Waals surface area contributed by atoms with Crippen LogP contribution in [0.25, 0.3) is 0 Å². The topological polar surface area (TPSA) is 52.3 Å². The molecule has 3 nitrogen and oxygen atoms in total. The van der Waals surface area contributed by atoms with Crippen molar-refractivity contribution < 1.29 is 13.3 Å². The molecule has 0 spiro atoms. The van der Waals surface area contributed by atoms with E-state index in [9.17, 15) is 8.60 Å². The standard InChI is InChI=1S/C13H20FNO2S/c1-10(2)5-6-17-7-8-18(16)13-9-11(14)3-4-12(13)15/h3-4,9-10H,5-8,15H2,1-2H3. The number of hydrogen-bond donors (Lipinski definition) is 1. The highest BCUT2D eigenvalue weighted by molar-refractivity contribution is 7.85. The SMILES string of the molecule is CC(C)CCOCCS(=O)c1cc(F)ccc1N. The van der Waals surface area contributed by atoms with Crippen molar-refractivity contribution in [3.8, 4) is 0 Å². The van der Waals surface area contributed by atoms with Crippen molar-refractivity contribution in [1.82, 2.24) is 0 Å². The Hall–Kier alpha value is -0.940. The van der Waals surface area contributed by atoms with E-state index >= 15 is 0 Å². The molecule has 0 aromatic heterocycles. The van der Waals surface area contributed by atoms with Crippen LogP contribution in [0.5, 0.6) is 0 Å². The van der Waals surface area contributed by atoms with Crippen molar-refractivity contribution in [3.05, 3.63) is 24.0 Å². The van der Waals surface area contributed by atoms with Crippen molar-refractivity contribution in [3.63, 3.8) is 0 Å². The van der Waals surface area contributed by atoms with Crippen molar-refractivity contribution in [2.24, 2.45) is 5.92 Å². The molecule has 1 aromatic rings. The van der Waals surface area contributed by atoms with Crippen molar-refractivity contribution in [1.29, 1.82) is 0 Å². The Kier molecular flexibility index (Phi) is 6.29. The van der Waals surface area contributed by atoms with Gasteiger partial charge in [0.25, 0.3) is 0 Å². The van der Waals surface area contributed by atoms with Crippen molar-refractivity contribution in [2.75, 3.05) is 24.7 Å². The zero-order valence-corrected chi connectivity index (χ0v) is 11.6. The predicted molar refractivity (Wildman–Crippen MR) is 72.4 cm³/mol. The van der Waals surface area contributed by atoms with E-state index in [0.29, 0.717) is 35.5 Å². The number of halogens is 1. The van der Waals surface area contributed by atoms with Crippen molar-refractivity contribution in [2.45, 2.75) is 25.2 Å². The molecule has 0 bridgehead atoms. The minimum Gasteiger partial charge on any atom is -0.398 e.